The molecule has 0 amide bonds. The highest BCUT2D eigenvalue weighted by Gasteiger charge is 2.04. The van der Waals surface area contributed by atoms with Gasteiger partial charge in [-0.1, -0.05) is 6.92 Å². The first kappa shape index (κ1) is 13.3. The van der Waals surface area contributed by atoms with Gasteiger partial charge in [0.1, 0.15) is 0 Å². The molecule has 6 nitrogen and oxygen atoms in total. The summed E-state index contributed by atoms with van der Waals surface area (Å²) in [6, 6.07) is 0. The van der Waals surface area contributed by atoms with Crippen LogP contribution >= 0.6 is 0 Å². The van der Waals surface area contributed by atoms with Gasteiger partial charge in [0.15, 0.2) is 5.82 Å². The summed E-state index contributed by atoms with van der Waals surface area (Å²) in [5.74, 6) is 0.417. The van der Waals surface area contributed by atoms with Crippen molar-refractivity contribution in [2.45, 2.75) is 26.3 Å². The molecule has 0 saturated heterocycles. The molecule has 2 aromatic heterocycles. The Labute approximate surface area is 112 Å². The summed E-state index contributed by atoms with van der Waals surface area (Å²) in [5, 5.41) is 7.19. The zero-order chi connectivity index (χ0) is 13.7. The second-order valence-corrected chi connectivity index (χ2v) is 4.47. The number of hydrogen-bond acceptors (Lipinski definition) is 4. The van der Waals surface area contributed by atoms with Gasteiger partial charge in [0.2, 0.25) is 0 Å². The topological polar surface area (TPSA) is 64.7 Å². The number of aryl methyl sites for hydroxylation is 2. The summed E-state index contributed by atoms with van der Waals surface area (Å²) >= 11 is 0. The van der Waals surface area contributed by atoms with Gasteiger partial charge < -0.3 is 9.88 Å². The zero-order valence-corrected chi connectivity index (χ0v) is 11.3. The minimum atomic E-state index is -0.0597. The van der Waals surface area contributed by atoms with Gasteiger partial charge in [-0.25, -0.2) is 4.98 Å². The molecule has 1 N–H and O–H groups in total. The van der Waals surface area contributed by atoms with E-state index in [1.165, 1.54) is 0 Å². The molecule has 0 atom stereocenters. The minimum Gasteiger partial charge on any atom is -0.365 e. The number of rotatable bonds is 6. The van der Waals surface area contributed by atoms with Crippen LogP contribution in [0.1, 0.15) is 18.9 Å². The quantitative estimate of drug-likeness (QED) is 0.844. The van der Waals surface area contributed by atoms with Crippen molar-refractivity contribution in [1.82, 2.24) is 19.3 Å². The summed E-state index contributed by atoms with van der Waals surface area (Å²) in [6.07, 6.45) is 8.92. The number of anilines is 1. The Morgan fingerprint density at radius 2 is 2.26 bits per heavy atom. The average molecular weight is 261 g/mol. The number of aromatic nitrogens is 4. The van der Waals surface area contributed by atoms with Crippen LogP contribution in [0.5, 0.6) is 0 Å². The molecule has 0 fully saturated rings. The first-order chi connectivity index (χ1) is 9.20. The summed E-state index contributed by atoms with van der Waals surface area (Å²) in [6.45, 7) is 3.44. The average Bonchev–Trinajstić information content (AvgIpc) is 2.80. The molecule has 19 heavy (non-hydrogen) atoms. The Kier molecular flexibility index (Phi) is 4.33. The lowest BCUT2D eigenvalue weighted by Crippen LogP contribution is -2.25. The summed E-state index contributed by atoms with van der Waals surface area (Å²) in [7, 11) is 1.89. The number of hydrogen-bond donors (Lipinski definition) is 1. The van der Waals surface area contributed by atoms with E-state index in [2.05, 4.69) is 15.4 Å². The predicted octanol–water partition coefficient (Wildman–Crippen LogP) is 1.04. The lowest BCUT2D eigenvalue weighted by atomic mass is 10.2. The van der Waals surface area contributed by atoms with Crippen LogP contribution in [0.2, 0.25) is 0 Å². The van der Waals surface area contributed by atoms with Gasteiger partial charge in [-0.3, -0.25) is 9.48 Å². The standard InChI is InChI=1S/C13H19N5O/c1-3-7-18-8-6-15-12(13(18)19)14-5-4-11-9-16-17(2)10-11/h6,8-10H,3-5,7H2,1-2H3,(H,14,15). The van der Waals surface area contributed by atoms with Gasteiger partial charge in [0, 0.05) is 38.7 Å². The fraction of sp³-hybridized carbons (Fsp3) is 0.462. The van der Waals surface area contributed by atoms with Crippen LogP contribution in [-0.2, 0) is 20.0 Å². The number of nitrogens with one attached hydrogen (secondary N) is 1. The van der Waals surface area contributed by atoms with Crippen molar-refractivity contribution in [1.29, 1.82) is 0 Å². The van der Waals surface area contributed by atoms with E-state index < -0.39 is 0 Å². The molecule has 0 aliphatic carbocycles. The molecule has 0 spiro atoms. The molecule has 2 aromatic rings. The van der Waals surface area contributed by atoms with Crippen LogP contribution in [0, 0.1) is 0 Å². The Morgan fingerprint density at radius 3 is 2.95 bits per heavy atom. The summed E-state index contributed by atoms with van der Waals surface area (Å²) in [5.41, 5.74) is 1.08. The van der Waals surface area contributed by atoms with Gasteiger partial charge in [-0.05, 0) is 18.4 Å². The first-order valence-electron chi connectivity index (χ1n) is 6.47. The molecule has 102 valence electrons. The Morgan fingerprint density at radius 1 is 1.42 bits per heavy atom. The molecule has 0 radical (unpaired) electrons. The molecule has 2 heterocycles. The molecule has 0 bridgehead atoms. The number of nitrogens with zero attached hydrogens (tertiary/aromatic N) is 4. The maximum absolute atomic E-state index is 12.0. The van der Waals surface area contributed by atoms with Gasteiger partial charge >= 0.3 is 0 Å². The van der Waals surface area contributed by atoms with Crippen LogP contribution < -0.4 is 10.9 Å². The van der Waals surface area contributed by atoms with E-state index in [-0.39, 0.29) is 5.56 Å². The van der Waals surface area contributed by atoms with Crippen molar-refractivity contribution >= 4 is 5.82 Å². The Balaban J connectivity index is 1.96. The van der Waals surface area contributed by atoms with Crippen LogP contribution in [0.3, 0.4) is 0 Å². The van der Waals surface area contributed by atoms with Crippen molar-refractivity contribution in [3.05, 3.63) is 40.7 Å². The van der Waals surface area contributed by atoms with E-state index in [0.717, 1.165) is 24.9 Å². The largest absolute Gasteiger partial charge is 0.365 e. The van der Waals surface area contributed by atoms with Crippen molar-refractivity contribution < 1.29 is 0 Å². The third kappa shape index (κ3) is 3.43. The van der Waals surface area contributed by atoms with E-state index in [1.807, 2.05) is 26.4 Å². The second kappa shape index (κ2) is 6.17. The Hall–Kier alpha value is -2.11. The molecule has 0 saturated carbocycles. The molecular formula is C13H19N5O. The first-order valence-corrected chi connectivity index (χ1v) is 6.47. The van der Waals surface area contributed by atoms with E-state index in [1.54, 1.807) is 21.6 Å². The van der Waals surface area contributed by atoms with Gasteiger partial charge in [-0.15, -0.1) is 0 Å². The fourth-order valence-corrected chi connectivity index (χ4v) is 1.91. The van der Waals surface area contributed by atoms with Crippen LogP contribution in [0.4, 0.5) is 5.82 Å². The molecule has 0 aliphatic heterocycles. The van der Waals surface area contributed by atoms with E-state index in [0.29, 0.717) is 12.4 Å². The summed E-state index contributed by atoms with van der Waals surface area (Å²) < 4.78 is 3.45. The third-order valence-electron chi connectivity index (χ3n) is 2.84. The molecule has 6 heteroatoms. The maximum atomic E-state index is 12.0. The lowest BCUT2D eigenvalue weighted by molar-refractivity contribution is 0.649. The highest BCUT2D eigenvalue weighted by Crippen LogP contribution is 1.99. The fourth-order valence-electron chi connectivity index (χ4n) is 1.91. The minimum absolute atomic E-state index is 0.0597. The van der Waals surface area contributed by atoms with Crippen molar-refractivity contribution in [2.75, 3.05) is 11.9 Å². The van der Waals surface area contributed by atoms with Crippen LogP contribution in [-0.4, -0.2) is 25.9 Å². The highest BCUT2D eigenvalue weighted by atomic mass is 16.1. The Bertz CT molecular complexity index is 587. The molecule has 0 aromatic carbocycles. The SMILES string of the molecule is CCCn1ccnc(NCCc2cnn(C)c2)c1=O. The molecule has 2 rings (SSSR count). The monoisotopic (exact) mass is 261 g/mol. The van der Waals surface area contributed by atoms with E-state index in [4.69, 9.17) is 0 Å². The third-order valence-corrected chi connectivity index (χ3v) is 2.84. The normalized spacial score (nSPS) is 10.6. The second-order valence-electron chi connectivity index (χ2n) is 4.47. The van der Waals surface area contributed by atoms with Crippen LogP contribution in [0.25, 0.3) is 0 Å². The van der Waals surface area contributed by atoms with E-state index in [9.17, 15) is 4.79 Å². The smallest absolute Gasteiger partial charge is 0.293 e. The van der Waals surface area contributed by atoms with E-state index >= 15 is 0 Å². The van der Waals surface area contributed by atoms with Crippen molar-refractivity contribution in [3.8, 4) is 0 Å². The molecule has 0 unspecified atom stereocenters. The van der Waals surface area contributed by atoms with Crippen molar-refractivity contribution in [2.24, 2.45) is 7.05 Å². The predicted molar refractivity (Wildman–Crippen MR) is 74.2 cm³/mol. The molecular weight excluding hydrogens is 242 g/mol. The lowest BCUT2D eigenvalue weighted by Gasteiger charge is -2.07. The highest BCUT2D eigenvalue weighted by molar-refractivity contribution is 5.31. The molecule has 0 aliphatic rings. The zero-order valence-electron chi connectivity index (χ0n) is 11.3. The maximum Gasteiger partial charge on any atom is 0.293 e. The van der Waals surface area contributed by atoms with Gasteiger partial charge in [-0.2, -0.15) is 5.10 Å². The van der Waals surface area contributed by atoms with Crippen LogP contribution in [0.15, 0.2) is 29.6 Å². The van der Waals surface area contributed by atoms with Gasteiger partial charge in [0.05, 0.1) is 6.20 Å². The summed E-state index contributed by atoms with van der Waals surface area (Å²) in [4.78, 5) is 16.1. The van der Waals surface area contributed by atoms with Crippen molar-refractivity contribution in [3.63, 3.8) is 0 Å². The van der Waals surface area contributed by atoms with Gasteiger partial charge in [0.25, 0.3) is 5.56 Å².